The molecular formula is C16H21ClN2O2. The molecule has 0 bridgehead atoms. The van der Waals surface area contributed by atoms with E-state index >= 15 is 0 Å². The molecule has 5 heteroatoms. The first-order valence-electron chi connectivity index (χ1n) is 7.06. The molecular weight excluding hydrogens is 288 g/mol. The van der Waals surface area contributed by atoms with Crippen molar-refractivity contribution in [2.24, 2.45) is 0 Å². The van der Waals surface area contributed by atoms with E-state index in [0.717, 1.165) is 5.56 Å². The highest BCUT2D eigenvalue weighted by Gasteiger charge is 2.36. The first kappa shape index (κ1) is 15.8. The Hall–Kier alpha value is -1.55. The molecule has 114 valence electrons. The maximum absolute atomic E-state index is 12.3. The summed E-state index contributed by atoms with van der Waals surface area (Å²) < 4.78 is 0. The fourth-order valence-electron chi connectivity index (χ4n) is 2.54. The summed E-state index contributed by atoms with van der Waals surface area (Å²) in [6, 6.07) is 5.20. The molecule has 1 aliphatic heterocycles. The fraction of sp³-hybridized carbons (Fsp3) is 0.500. The van der Waals surface area contributed by atoms with Crippen LogP contribution < -0.4 is 5.32 Å². The summed E-state index contributed by atoms with van der Waals surface area (Å²) in [4.78, 5) is 26.1. The lowest BCUT2D eigenvalue weighted by atomic mass is 10.1. The smallest absolute Gasteiger partial charge is 0.253 e. The van der Waals surface area contributed by atoms with Crippen molar-refractivity contribution in [1.29, 1.82) is 0 Å². The maximum atomic E-state index is 12.3. The third-order valence-corrected chi connectivity index (χ3v) is 4.21. The van der Waals surface area contributed by atoms with Crippen molar-refractivity contribution in [3.8, 4) is 0 Å². The van der Waals surface area contributed by atoms with Crippen molar-refractivity contribution in [2.45, 2.75) is 45.7 Å². The molecule has 1 saturated heterocycles. The van der Waals surface area contributed by atoms with E-state index in [1.54, 1.807) is 17.0 Å². The molecule has 1 N–H and O–H groups in total. The molecule has 0 aromatic heterocycles. The molecule has 1 atom stereocenters. The second-order valence-electron chi connectivity index (χ2n) is 6.49. The van der Waals surface area contributed by atoms with Gasteiger partial charge in [0.15, 0.2) is 0 Å². The summed E-state index contributed by atoms with van der Waals surface area (Å²) in [5.74, 6) is -0.152. The van der Waals surface area contributed by atoms with Crippen LogP contribution in [0.15, 0.2) is 18.2 Å². The summed E-state index contributed by atoms with van der Waals surface area (Å²) in [6.45, 7) is 8.38. The van der Waals surface area contributed by atoms with Crippen LogP contribution in [0.4, 0.5) is 0 Å². The zero-order valence-corrected chi connectivity index (χ0v) is 13.6. The molecule has 0 unspecified atom stereocenters. The van der Waals surface area contributed by atoms with Gasteiger partial charge < -0.3 is 10.2 Å². The Bertz CT molecular complexity index is 578. The molecule has 2 rings (SSSR count). The number of halogens is 1. The van der Waals surface area contributed by atoms with Gasteiger partial charge in [0.25, 0.3) is 5.91 Å². The van der Waals surface area contributed by atoms with Gasteiger partial charge in [-0.2, -0.15) is 0 Å². The van der Waals surface area contributed by atoms with Gasteiger partial charge >= 0.3 is 0 Å². The lowest BCUT2D eigenvalue weighted by Gasteiger charge is -2.32. The highest BCUT2D eigenvalue weighted by atomic mass is 35.5. The van der Waals surface area contributed by atoms with Crippen LogP contribution in [0.5, 0.6) is 0 Å². The van der Waals surface area contributed by atoms with Gasteiger partial charge in [-0.05, 0) is 39.3 Å². The van der Waals surface area contributed by atoms with Crippen LogP contribution in [0.25, 0.3) is 0 Å². The second-order valence-corrected chi connectivity index (χ2v) is 6.86. The third kappa shape index (κ3) is 3.38. The summed E-state index contributed by atoms with van der Waals surface area (Å²) in [6.07, 6.45) is 0.340. The molecule has 0 aliphatic carbocycles. The number of likely N-dealkylation sites (tertiary alicyclic amines) is 1. The first-order valence-corrected chi connectivity index (χ1v) is 7.44. The van der Waals surface area contributed by atoms with Gasteiger partial charge in [0.05, 0.1) is 16.6 Å². The molecule has 1 aromatic rings. The van der Waals surface area contributed by atoms with E-state index in [0.29, 0.717) is 23.6 Å². The summed E-state index contributed by atoms with van der Waals surface area (Å²) in [7, 11) is 0. The Labute approximate surface area is 130 Å². The van der Waals surface area contributed by atoms with E-state index in [9.17, 15) is 9.59 Å². The zero-order chi connectivity index (χ0) is 15.8. The minimum absolute atomic E-state index is 0.0724. The standard InChI is InChI=1S/C16H21ClN2O2/c1-10-6-5-7-12(14(10)17)15(21)18-11-8-13(20)19(9-11)16(2,3)4/h5-7,11H,8-9H2,1-4H3,(H,18,21)/t11-/m0/s1. The second kappa shape index (κ2) is 5.68. The van der Waals surface area contributed by atoms with Crippen LogP contribution in [0.2, 0.25) is 5.02 Å². The normalized spacial score (nSPS) is 19.0. The number of amides is 2. The molecule has 2 amide bonds. The van der Waals surface area contributed by atoms with E-state index in [-0.39, 0.29) is 23.4 Å². The van der Waals surface area contributed by atoms with Crippen molar-refractivity contribution >= 4 is 23.4 Å². The maximum Gasteiger partial charge on any atom is 0.253 e. The molecule has 0 radical (unpaired) electrons. The van der Waals surface area contributed by atoms with E-state index in [1.807, 2.05) is 33.8 Å². The number of benzene rings is 1. The number of rotatable bonds is 2. The van der Waals surface area contributed by atoms with Gasteiger partial charge in [-0.3, -0.25) is 9.59 Å². The summed E-state index contributed by atoms with van der Waals surface area (Å²) in [5.41, 5.74) is 1.10. The van der Waals surface area contributed by atoms with E-state index in [2.05, 4.69) is 5.32 Å². The Morgan fingerprint density at radius 1 is 1.38 bits per heavy atom. The molecule has 4 nitrogen and oxygen atoms in total. The van der Waals surface area contributed by atoms with Crippen LogP contribution >= 0.6 is 11.6 Å². The predicted molar refractivity (Wildman–Crippen MR) is 83.5 cm³/mol. The van der Waals surface area contributed by atoms with E-state index < -0.39 is 0 Å². The highest BCUT2D eigenvalue weighted by molar-refractivity contribution is 6.34. The number of hydrogen-bond donors (Lipinski definition) is 1. The number of hydrogen-bond acceptors (Lipinski definition) is 2. The van der Waals surface area contributed by atoms with Crippen LogP contribution in [0.3, 0.4) is 0 Å². The topological polar surface area (TPSA) is 49.4 Å². The average molecular weight is 309 g/mol. The molecule has 1 fully saturated rings. The Morgan fingerprint density at radius 2 is 2.05 bits per heavy atom. The molecule has 0 saturated carbocycles. The minimum Gasteiger partial charge on any atom is -0.347 e. The van der Waals surface area contributed by atoms with Crippen molar-refractivity contribution in [1.82, 2.24) is 10.2 Å². The quantitative estimate of drug-likeness (QED) is 0.913. The van der Waals surface area contributed by atoms with Gasteiger partial charge in [0, 0.05) is 18.5 Å². The van der Waals surface area contributed by atoms with Gasteiger partial charge in [-0.15, -0.1) is 0 Å². The van der Waals surface area contributed by atoms with Crippen molar-refractivity contribution in [3.05, 3.63) is 34.3 Å². The fourth-order valence-corrected chi connectivity index (χ4v) is 2.75. The monoisotopic (exact) mass is 308 g/mol. The number of carbonyl (C=O) groups is 2. The predicted octanol–water partition coefficient (Wildman–Crippen LogP) is 2.78. The lowest BCUT2D eigenvalue weighted by Crippen LogP contribution is -2.44. The van der Waals surface area contributed by atoms with Crippen LogP contribution in [0.1, 0.15) is 43.1 Å². The molecule has 0 spiro atoms. The minimum atomic E-state index is -0.225. The number of aryl methyl sites for hydroxylation is 1. The van der Waals surface area contributed by atoms with Crippen LogP contribution in [0, 0.1) is 6.92 Å². The van der Waals surface area contributed by atoms with Gasteiger partial charge in [0.1, 0.15) is 0 Å². The van der Waals surface area contributed by atoms with Crippen LogP contribution in [-0.2, 0) is 4.79 Å². The molecule has 1 aromatic carbocycles. The van der Waals surface area contributed by atoms with Gasteiger partial charge in [-0.1, -0.05) is 23.7 Å². The Balaban J connectivity index is 2.08. The number of nitrogens with one attached hydrogen (secondary N) is 1. The number of carbonyl (C=O) groups excluding carboxylic acids is 2. The van der Waals surface area contributed by atoms with Gasteiger partial charge in [-0.25, -0.2) is 0 Å². The average Bonchev–Trinajstić information content (AvgIpc) is 2.73. The lowest BCUT2D eigenvalue weighted by molar-refractivity contribution is -0.131. The molecule has 1 heterocycles. The highest BCUT2D eigenvalue weighted by Crippen LogP contribution is 2.23. The third-order valence-electron chi connectivity index (χ3n) is 3.71. The van der Waals surface area contributed by atoms with Crippen molar-refractivity contribution in [2.75, 3.05) is 6.54 Å². The van der Waals surface area contributed by atoms with Crippen molar-refractivity contribution < 1.29 is 9.59 Å². The SMILES string of the molecule is Cc1cccc(C(=O)N[C@H]2CC(=O)N(C(C)(C)C)C2)c1Cl. The van der Waals surface area contributed by atoms with Crippen LogP contribution in [-0.4, -0.2) is 34.8 Å². The van der Waals surface area contributed by atoms with E-state index in [4.69, 9.17) is 11.6 Å². The number of nitrogens with zero attached hydrogens (tertiary/aromatic N) is 1. The van der Waals surface area contributed by atoms with E-state index in [1.165, 1.54) is 0 Å². The van der Waals surface area contributed by atoms with Crippen molar-refractivity contribution in [3.63, 3.8) is 0 Å². The summed E-state index contributed by atoms with van der Waals surface area (Å²) >= 11 is 6.17. The summed E-state index contributed by atoms with van der Waals surface area (Å²) in [5, 5.41) is 3.37. The zero-order valence-electron chi connectivity index (χ0n) is 12.9. The Morgan fingerprint density at radius 3 is 2.62 bits per heavy atom. The molecule has 21 heavy (non-hydrogen) atoms. The largest absolute Gasteiger partial charge is 0.347 e. The Kier molecular flexibility index (Phi) is 4.28. The van der Waals surface area contributed by atoms with Gasteiger partial charge in [0.2, 0.25) is 5.91 Å². The molecule has 1 aliphatic rings. The first-order chi connectivity index (χ1) is 9.70.